The standard InChI is InChI=1S/C19H16N2O5S/c1-2-20-18(22)17(27-19(20)23)11-13-5-9-16(10-6-13)26-12-14-3-7-15(8-4-14)21(24)25/h3-11H,2,12H2,1H3/b17-11+. The Balaban J connectivity index is 1.62. The molecule has 1 fully saturated rings. The number of ether oxygens (including phenoxy) is 1. The quantitative estimate of drug-likeness (QED) is 0.421. The molecule has 27 heavy (non-hydrogen) atoms. The highest BCUT2D eigenvalue weighted by atomic mass is 32.2. The molecule has 0 saturated carbocycles. The third-order valence-electron chi connectivity index (χ3n) is 3.92. The van der Waals surface area contributed by atoms with Crippen LogP contribution in [0.1, 0.15) is 18.1 Å². The van der Waals surface area contributed by atoms with Crippen LogP contribution in [-0.4, -0.2) is 27.5 Å². The minimum absolute atomic E-state index is 0.0376. The number of thioether (sulfide) groups is 1. The normalized spacial score (nSPS) is 15.4. The predicted molar refractivity (Wildman–Crippen MR) is 102 cm³/mol. The number of carbonyl (C=O) groups is 2. The van der Waals surface area contributed by atoms with Crippen molar-refractivity contribution in [1.82, 2.24) is 4.90 Å². The average molecular weight is 384 g/mol. The van der Waals surface area contributed by atoms with Crippen molar-refractivity contribution >= 4 is 34.7 Å². The Hall–Kier alpha value is -3.13. The molecule has 7 nitrogen and oxygen atoms in total. The van der Waals surface area contributed by atoms with Gasteiger partial charge in [-0.1, -0.05) is 12.1 Å². The number of benzene rings is 2. The number of nitro groups is 1. The molecule has 2 aromatic carbocycles. The van der Waals surface area contributed by atoms with Crippen LogP contribution in [0, 0.1) is 10.1 Å². The van der Waals surface area contributed by atoms with E-state index in [1.807, 2.05) is 0 Å². The van der Waals surface area contributed by atoms with Crippen LogP contribution < -0.4 is 4.74 Å². The van der Waals surface area contributed by atoms with Gasteiger partial charge in [-0.05, 0) is 60.2 Å². The van der Waals surface area contributed by atoms with E-state index >= 15 is 0 Å². The van der Waals surface area contributed by atoms with E-state index in [2.05, 4.69) is 0 Å². The monoisotopic (exact) mass is 384 g/mol. The Morgan fingerprint density at radius 3 is 2.33 bits per heavy atom. The Bertz CT molecular complexity index is 907. The highest BCUT2D eigenvalue weighted by molar-refractivity contribution is 8.18. The van der Waals surface area contributed by atoms with Gasteiger partial charge in [0.05, 0.1) is 9.83 Å². The number of non-ortho nitro benzene ring substituents is 1. The number of amides is 2. The maximum Gasteiger partial charge on any atom is 0.293 e. The van der Waals surface area contributed by atoms with Gasteiger partial charge in [0, 0.05) is 18.7 Å². The number of nitrogens with zero attached hydrogens (tertiary/aromatic N) is 2. The third kappa shape index (κ3) is 4.35. The van der Waals surface area contributed by atoms with Crippen LogP contribution in [0.5, 0.6) is 5.75 Å². The lowest BCUT2D eigenvalue weighted by molar-refractivity contribution is -0.384. The molecule has 3 rings (SSSR count). The van der Waals surface area contributed by atoms with Gasteiger partial charge in [0.1, 0.15) is 12.4 Å². The summed E-state index contributed by atoms with van der Waals surface area (Å²) in [5, 5.41) is 10.4. The fourth-order valence-corrected chi connectivity index (χ4v) is 3.37. The fraction of sp³-hybridized carbons (Fsp3) is 0.158. The third-order valence-corrected chi connectivity index (χ3v) is 4.83. The van der Waals surface area contributed by atoms with Crippen molar-refractivity contribution < 1.29 is 19.2 Å². The Labute approximate surface area is 159 Å². The van der Waals surface area contributed by atoms with Gasteiger partial charge >= 0.3 is 0 Å². The number of hydrogen-bond acceptors (Lipinski definition) is 6. The van der Waals surface area contributed by atoms with Gasteiger partial charge in [-0.15, -0.1) is 0 Å². The van der Waals surface area contributed by atoms with Crippen molar-refractivity contribution in [3.63, 3.8) is 0 Å². The van der Waals surface area contributed by atoms with Crippen LogP contribution in [0.3, 0.4) is 0 Å². The summed E-state index contributed by atoms with van der Waals surface area (Å²) in [6.07, 6.45) is 1.68. The first-order valence-electron chi connectivity index (χ1n) is 8.19. The van der Waals surface area contributed by atoms with E-state index in [9.17, 15) is 19.7 Å². The largest absolute Gasteiger partial charge is 0.489 e. The Morgan fingerprint density at radius 2 is 1.78 bits per heavy atom. The topological polar surface area (TPSA) is 89.8 Å². The van der Waals surface area contributed by atoms with E-state index < -0.39 is 4.92 Å². The van der Waals surface area contributed by atoms with Crippen molar-refractivity contribution in [1.29, 1.82) is 0 Å². The van der Waals surface area contributed by atoms with E-state index in [0.29, 0.717) is 17.2 Å². The number of carbonyl (C=O) groups excluding carboxylic acids is 2. The van der Waals surface area contributed by atoms with Gasteiger partial charge in [-0.2, -0.15) is 0 Å². The van der Waals surface area contributed by atoms with Gasteiger partial charge in [-0.25, -0.2) is 0 Å². The predicted octanol–water partition coefficient (Wildman–Crippen LogP) is 4.23. The first kappa shape index (κ1) is 18.7. The maximum atomic E-state index is 12.1. The molecular weight excluding hydrogens is 368 g/mol. The molecule has 1 saturated heterocycles. The molecule has 8 heteroatoms. The van der Waals surface area contributed by atoms with Gasteiger partial charge in [0.2, 0.25) is 0 Å². The van der Waals surface area contributed by atoms with Crippen molar-refractivity contribution in [3.8, 4) is 5.75 Å². The zero-order chi connectivity index (χ0) is 19.4. The molecule has 2 aromatic rings. The first-order valence-corrected chi connectivity index (χ1v) is 9.01. The Kier molecular flexibility index (Phi) is 5.56. The van der Waals surface area contributed by atoms with Gasteiger partial charge < -0.3 is 4.74 Å². The van der Waals surface area contributed by atoms with Crippen LogP contribution in [0.25, 0.3) is 6.08 Å². The van der Waals surface area contributed by atoms with Gasteiger partial charge in [0.15, 0.2) is 0 Å². The second kappa shape index (κ2) is 8.05. The molecule has 0 aliphatic carbocycles. The van der Waals surface area contributed by atoms with Crippen LogP contribution >= 0.6 is 11.8 Å². The van der Waals surface area contributed by atoms with Crippen LogP contribution in [0.4, 0.5) is 10.5 Å². The highest BCUT2D eigenvalue weighted by Gasteiger charge is 2.33. The van der Waals surface area contributed by atoms with Crippen LogP contribution in [-0.2, 0) is 11.4 Å². The van der Waals surface area contributed by atoms with E-state index in [4.69, 9.17) is 4.74 Å². The summed E-state index contributed by atoms with van der Waals surface area (Å²) >= 11 is 0.935. The minimum atomic E-state index is -0.446. The summed E-state index contributed by atoms with van der Waals surface area (Å²) < 4.78 is 5.66. The molecule has 1 heterocycles. The van der Waals surface area contributed by atoms with Crippen LogP contribution in [0.15, 0.2) is 53.4 Å². The van der Waals surface area contributed by atoms with Crippen LogP contribution in [0.2, 0.25) is 0 Å². The van der Waals surface area contributed by atoms with Crippen molar-refractivity contribution in [3.05, 3.63) is 74.7 Å². The van der Waals surface area contributed by atoms with Gasteiger partial charge in [-0.3, -0.25) is 24.6 Å². The molecule has 0 unspecified atom stereocenters. The number of rotatable bonds is 6. The summed E-state index contributed by atoms with van der Waals surface area (Å²) in [7, 11) is 0. The fourth-order valence-electron chi connectivity index (χ4n) is 2.46. The smallest absolute Gasteiger partial charge is 0.293 e. The lowest BCUT2D eigenvalue weighted by Gasteiger charge is -2.07. The molecular formula is C19H16N2O5S. The van der Waals surface area contributed by atoms with Crippen molar-refractivity contribution in [2.75, 3.05) is 6.54 Å². The molecule has 0 N–H and O–H groups in total. The van der Waals surface area contributed by atoms with E-state index in [-0.39, 0.29) is 23.4 Å². The molecule has 2 amide bonds. The summed E-state index contributed by atoms with van der Waals surface area (Å²) in [5.41, 5.74) is 1.65. The first-order chi connectivity index (χ1) is 13.0. The lowest BCUT2D eigenvalue weighted by atomic mass is 10.2. The molecule has 0 bridgehead atoms. The van der Waals surface area contributed by atoms with Crippen molar-refractivity contribution in [2.24, 2.45) is 0 Å². The average Bonchev–Trinajstić information content (AvgIpc) is 2.94. The van der Waals surface area contributed by atoms with Crippen molar-refractivity contribution in [2.45, 2.75) is 13.5 Å². The SMILES string of the molecule is CCN1C(=O)S/C(=C/c2ccc(OCc3ccc([N+](=O)[O-])cc3)cc2)C1=O. The zero-order valence-electron chi connectivity index (χ0n) is 14.5. The van der Waals surface area contributed by atoms with E-state index in [1.54, 1.807) is 49.4 Å². The minimum Gasteiger partial charge on any atom is -0.489 e. The zero-order valence-corrected chi connectivity index (χ0v) is 15.3. The molecule has 0 spiro atoms. The van der Waals surface area contributed by atoms with E-state index in [1.165, 1.54) is 17.0 Å². The molecule has 0 aromatic heterocycles. The van der Waals surface area contributed by atoms with Gasteiger partial charge in [0.25, 0.3) is 16.8 Å². The number of nitro benzene ring substituents is 1. The molecule has 0 atom stereocenters. The van der Waals surface area contributed by atoms with E-state index in [0.717, 1.165) is 22.9 Å². The maximum absolute atomic E-state index is 12.1. The summed E-state index contributed by atoms with van der Waals surface area (Å²) in [6, 6.07) is 13.3. The second-order valence-corrected chi connectivity index (χ2v) is 6.70. The highest BCUT2D eigenvalue weighted by Crippen LogP contribution is 2.32. The molecule has 138 valence electrons. The summed E-state index contributed by atoms with van der Waals surface area (Å²) in [4.78, 5) is 35.6. The molecule has 1 aliphatic rings. The second-order valence-electron chi connectivity index (χ2n) is 5.71. The lowest BCUT2D eigenvalue weighted by Crippen LogP contribution is -2.27. The molecule has 0 radical (unpaired) electrons. The number of imide groups is 1. The molecule has 1 aliphatic heterocycles. The summed E-state index contributed by atoms with van der Waals surface area (Å²) in [6.45, 7) is 2.40. The Morgan fingerprint density at radius 1 is 1.11 bits per heavy atom. The number of likely N-dealkylation sites (N-methyl/N-ethyl adjacent to an activating group) is 1. The number of hydrogen-bond donors (Lipinski definition) is 0. The summed E-state index contributed by atoms with van der Waals surface area (Å²) in [5.74, 6) is 0.359.